The van der Waals surface area contributed by atoms with Gasteiger partial charge in [-0.1, -0.05) is 53.5 Å². The molecule has 89 heavy (non-hydrogen) atoms. The Balaban J connectivity index is 0.000000332. The lowest BCUT2D eigenvalue weighted by atomic mass is 9.96. The molecule has 2 aromatic heterocycles. The number of phenolic OH excluding ortho intramolecular Hbond substituents is 1. The Morgan fingerprint density at radius 1 is 0.562 bits per heavy atom. The molecule has 30 heteroatoms. The number of ether oxygens (including phenoxy) is 6. The summed E-state index contributed by atoms with van der Waals surface area (Å²) in [4.78, 5) is 47.3. The summed E-state index contributed by atoms with van der Waals surface area (Å²) in [5, 5.41) is 18.8. The minimum absolute atomic E-state index is 0.0196. The van der Waals surface area contributed by atoms with Crippen molar-refractivity contribution in [1.82, 2.24) is 24.9 Å². The van der Waals surface area contributed by atoms with Crippen molar-refractivity contribution in [2.75, 3.05) is 52.8 Å². The van der Waals surface area contributed by atoms with Crippen LogP contribution >= 0.6 is 23.2 Å². The van der Waals surface area contributed by atoms with E-state index in [4.69, 9.17) is 51.6 Å². The van der Waals surface area contributed by atoms with Gasteiger partial charge in [-0.2, -0.15) is 62.9 Å². The van der Waals surface area contributed by atoms with E-state index in [0.29, 0.717) is 81.8 Å². The van der Waals surface area contributed by atoms with Gasteiger partial charge >= 0.3 is 36.6 Å². The van der Waals surface area contributed by atoms with E-state index < -0.39 is 80.7 Å². The number of aryl methyl sites for hydroxylation is 2. The molecule has 16 nitrogen and oxygen atoms in total. The quantitative estimate of drug-likeness (QED) is 0.0191. The average Bonchev–Trinajstić information content (AvgIpc) is 1.91. The van der Waals surface area contributed by atoms with Crippen LogP contribution in [0.1, 0.15) is 76.3 Å². The zero-order valence-electron chi connectivity index (χ0n) is 47.2. The molecule has 0 saturated heterocycles. The van der Waals surface area contributed by atoms with E-state index >= 15 is 0 Å². The molecule has 0 aliphatic rings. The minimum atomic E-state index is -4.85. The van der Waals surface area contributed by atoms with Crippen molar-refractivity contribution in [2.45, 2.75) is 57.8 Å². The summed E-state index contributed by atoms with van der Waals surface area (Å²) >= 11 is 11.5. The number of esters is 2. The van der Waals surface area contributed by atoms with Crippen LogP contribution in [0.4, 0.5) is 52.7 Å². The van der Waals surface area contributed by atoms with Crippen molar-refractivity contribution in [3.63, 3.8) is 0 Å². The fourth-order valence-corrected chi connectivity index (χ4v) is 9.02. The topological polar surface area (TPSA) is 192 Å². The van der Waals surface area contributed by atoms with Gasteiger partial charge in [0, 0.05) is 63.3 Å². The maximum absolute atomic E-state index is 13.9. The highest BCUT2D eigenvalue weighted by molar-refractivity contribution is 6.32. The normalized spacial score (nSPS) is 11.9. The predicted molar refractivity (Wildman–Crippen MR) is 298 cm³/mol. The summed E-state index contributed by atoms with van der Waals surface area (Å²) in [6.07, 6.45) is -16.8. The molecule has 0 atom stereocenters. The summed E-state index contributed by atoms with van der Waals surface area (Å²) in [5.74, 6) is -3.48. The Labute approximate surface area is 509 Å². The number of hydrogen-bond acceptors (Lipinski definition) is 13. The zero-order valence-corrected chi connectivity index (χ0v) is 48.7. The van der Waals surface area contributed by atoms with E-state index in [1.165, 1.54) is 32.3 Å². The molecule has 0 spiro atoms. The van der Waals surface area contributed by atoms with Gasteiger partial charge in [-0.05, 0) is 97.1 Å². The molecule has 478 valence electrons. The number of amides is 1. The number of aromatic hydroxyl groups is 1. The summed E-state index contributed by atoms with van der Waals surface area (Å²) in [7, 11) is 2.45. The van der Waals surface area contributed by atoms with Crippen molar-refractivity contribution in [3.8, 4) is 67.8 Å². The van der Waals surface area contributed by atoms with E-state index in [1.807, 2.05) is 0 Å². The number of halogens is 14. The van der Waals surface area contributed by atoms with E-state index in [-0.39, 0.29) is 81.9 Å². The van der Waals surface area contributed by atoms with E-state index in [9.17, 15) is 77.0 Å². The van der Waals surface area contributed by atoms with Crippen molar-refractivity contribution in [2.24, 2.45) is 14.1 Å². The van der Waals surface area contributed by atoms with Gasteiger partial charge in [-0.15, -0.1) is 0 Å². The van der Waals surface area contributed by atoms with Crippen LogP contribution in [0.3, 0.4) is 0 Å². The van der Waals surface area contributed by atoms with Gasteiger partial charge in [0.15, 0.2) is 29.2 Å². The Kier molecular flexibility index (Phi) is 23.8. The number of aromatic nitrogens is 4. The summed E-state index contributed by atoms with van der Waals surface area (Å²) < 4.78 is 196. The van der Waals surface area contributed by atoms with Crippen LogP contribution in [0.5, 0.6) is 23.0 Å². The summed E-state index contributed by atoms with van der Waals surface area (Å²) in [6.45, 7) is 4.34. The third-order valence-corrected chi connectivity index (χ3v) is 13.2. The lowest BCUT2D eigenvalue weighted by Crippen LogP contribution is -2.28. The predicted octanol–water partition coefficient (Wildman–Crippen LogP) is 14.3. The fourth-order valence-electron chi connectivity index (χ4n) is 8.57. The molecule has 2 N–H and O–H groups in total. The highest BCUT2D eigenvalue weighted by atomic mass is 35.5. The molecule has 0 saturated carbocycles. The highest BCUT2D eigenvalue weighted by Gasteiger charge is 2.39. The second-order valence-electron chi connectivity index (χ2n) is 19.0. The Morgan fingerprint density at radius 2 is 1.02 bits per heavy atom. The number of hydrogen-bond donors (Lipinski definition) is 2. The lowest BCUT2D eigenvalue weighted by Gasteiger charge is -2.20. The first-order chi connectivity index (χ1) is 41.8. The number of nitrogens with zero attached hydrogens (tertiary/aromatic N) is 4. The molecule has 7 aromatic rings. The number of unbranched alkanes of at least 4 members (excludes halogenated alkanes) is 2. The van der Waals surface area contributed by atoms with Crippen LogP contribution in [0.15, 0.2) is 97.1 Å². The molecule has 0 aliphatic carbocycles. The number of carbonyl (C=O) groups is 4. The van der Waals surface area contributed by atoms with Gasteiger partial charge in [0.25, 0.3) is 5.91 Å². The van der Waals surface area contributed by atoms with Crippen LogP contribution in [-0.4, -0.2) is 102 Å². The fraction of sp³-hybridized carbons (Fsp3) is 0.322. The maximum atomic E-state index is 13.9. The van der Waals surface area contributed by atoms with Crippen molar-refractivity contribution < 1.29 is 105 Å². The standard InChI is InChI=1S/C39H40ClF6N3O8.C20H13ClF6N2O3/c1-25(51)57-36-29(32-23-34(39(44,45)46)48-49(32)2)11-13-33(35(36)26-10-12-31(40)30(22-26)38(41,42)43)56-16-7-3-6-15-53-18-20-55-21-19-54-17-14-47-37(52)28-9-5-4-8-27(28)24-50;1-9(30)32-18-11(14-8-16(20(25,26)27)28-29(14)2)4-6-15(31)17(18)10-3-5-13(21)12(7-10)19(22,23)24/h4-5,8-13,22-24H,3,6-7,14-21H2,1-2H3,(H,47,52);3-8,31H,1-2H3. The lowest BCUT2D eigenvalue weighted by molar-refractivity contribution is -0.142. The van der Waals surface area contributed by atoms with Gasteiger partial charge in [-0.3, -0.25) is 28.5 Å². The minimum Gasteiger partial charge on any atom is -0.507 e. The smallest absolute Gasteiger partial charge is 0.435 e. The van der Waals surface area contributed by atoms with Crippen LogP contribution < -0.4 is 19.5 Å². The second kappa shape index (κ2) is 30.4. The van der Waals surface area contributed by atoms with E-state index in [2.05, 4.69) is 15.5 Å². The maximum Gasteiger partial charge on any atom is 0.435 e. The van der Waals surface area contributed by atoms with Crippen molar-refractivity contribution in [1.29, 1.82) is 0 Å². The van der Waals surface area contributed by atoms with Crippen LogP contribution in [-0.2, 0) is 62.6 Å². The van der Waals surface area contributed by atoms with Crippen LogP contribution in [0.2, 0.25) is 10.0 Å². The number of benzene rings is 5. The summed E-state index contributed by atoms with van der Waals surface area (Å²) in [5.41, 5.74) is -5.45. The highest BCUT2D eigenvalue weighted by Crippen LogP contribution is 2.50. The molecule has 0 aliphatic heterocycles. The number of phenols is 1. The molecule has 0 fully saturated rings. The first-order valence-electron chi connectivity index (χ1n) is 26.4. The van der Waals surface area contributed by atoms with Crippen molar-refractivity contribution >= 4 is 47.3 Å². The number of alkyl halides is 12. The molecule has 5 aromatic carbocycles. The van der Waals surface area contributed by atoms with Gasteiger partial charge in [-0.25, -0.2) is 0 Å². The van der Waals surface area contributed by atoms with Gasteiger partial charge in [0.2, 0.25) is 0 Å². The molecule has 0 radical (unpaired) electrons. The monoisotopic (exact) mass is 1310 g/mol. The van der Waals surface area contributed by atoms with Gasteiger partial charge < -0.3 is 38.8 Å². The Hall–Kier alpha value is -8.18. The molecule has 2 heterocycles. The van der Waals surface area contributed by atoms with E-state index in [1.54, 1.807) is 24.3 Å². The molecular weight excluding hydrogens is 1250 g/mol. The van der Waals surface area contributed by atoms with Crippen molar-refractivity contribution in [3.05, 3.63) is 141 Å². The summed E-state index contributed by atoms with van der Waals surface area (Å²) in [6, 6.07) is 18.6. The van der Waals surface area contributed by atoms with Crippen LogP contribution in [0.25, 0.3) is 44.8 Å². The van der Waals surface area contributed by atoms with Gasteiger partial charge in [0.1, 0.15) is 11.5 Å². The molecule has 1 amide bonds. The Morgan fingerprint density at radius 3 is 1.51 bits per heavy atom. The van der Waals surface area contributed by atoms with E-state index in [0.717, 1.165) is 65.7 Å². The number of aldehydes is 1. The SMILES string of the molecule is CC(=O)Oc1c(-c2cc(C(F)(F)F)nn2C)ccc(O)c1-c1ccc(Cl)c(C(F)(F)F)c1.CC(=O)Oc1c(-c2cc(C(F)(F)F)nn2C)ccc(OCCCCCOCCOCCOCCNC(=O)c2ccccc2C=O)c1-c1ccc(Cl)c(C(F)(F)F)c1. The molecule has 0 unspecified atom stereocenters. The molecule has 7 rings (SSSR count). The average molecular weight is 1310 g/mol. The van der Waals surface area contributed by atoms with Gasteiger partial charge in [0.05, 0.1) is 83.3 Å². The second-order valence-corrected chi connectivity index (χ2v) is 19.8. The number of nitrogens with one attached hydrogen (secondary N) is 1. The third kappa shape index (κ3) is 18.9. The molecule has 0 bridgehead atoms. The first kappa shape index (κ1) is 69.9. The zero-order chi connectivity index (χ0) is 65.6. The first-order valence-corrected chi connectivity index (χ1v) is 27.1. The molecular formula is C59H53Cl2F12N5O11. The third-order valence-electron chi connectivity index (χ3n) is 12.6. The largest absolute Gasteiger partial charge is 0.507 e. The van der Waals surface area contributed by atoms with Crippen LogP contribution in [0, 0.1) is 0 Å². The Bertz CT molecular complexity index is 3640. The number of rotatable bonds is 24. The number of carbonyl (C=O) groups excluding carboxylic acids is 4.